The van der Waals surface area contributed by atoms with Gasteiger partial charge in [0, 0.05) is 0 Å². The first-order chi connectivity index (χ1) is 6.50. The second-order valence-corrected chi connectivity index (χ2v) is 6.88. The van der Waals surface area contributed by atoms with Gasteiger partial charge < -0.3 is 0 Å². The molecule has 0 nitrogen and oxygen atoms in total. The number of benzene rings is 1. The smallest absolute Gasteiger partial charge is 0.0214 e. The van der Waals surface area contributed by atoms with Crippen molar-refractivity contribution in [2.75, 3.05) is 13.3 Å². The van der Waals surface area contributed by atoms with E-state index >= 15 is 0 Å². The molecule has 0 amide bonds. The van der Waals surface area contributed by atoms with Crippen molar-refractivity contribution in [2.45, 2.75) is 27.2 Å². The van der Waals surface area contributed by atoms with Gasteiger partial charge >= 0.3 is 0 Å². The maximum atomic E-state index is 2.40. The summed E-state index contributed by atoms with van der Waals surface area (Å²) < 4.78 is 0. The Kier molecular flexibility index (Phi) is 4.13. The maximum absolute atomic E-state index is 2.40. The van der Waals surface area contributed by atoms with Crippen LogP contribution in [-0.4, -0.2) is 13.3 Å². The third kappa shape index (κ3) is 3.10. The first-order valence-corrected chi connectivity index (χ1v) is 7.51. The molecule has 0 N–H and O–H groups in total. The van der Waals surface area contributed by atoms with Gasteiger partial charge in [-0.3, -0.25) is 0 Å². The summed E-state index contributed by atoms with van der Waals surface area (Å²) in [4.78, 5) is 0. The molecule has 1 rings (SSSR count). The van der Waals surface area contributed by atoms with Gasteiger partial charge in [-0.25, -0.2) is 0 Å². The highest BCUT2D eigenvalue weighted by Crippen LogP contribution is 2.26. The van der Waals surface area contributed by atoms with E-state index in [-0.39, 0.29) is 7.92 Å². The molecule has 1 heteroatoms. The van der Waals surface area contributed by atoms with Crippen molar-refractivity contribution in [3.05, 3.63) is 29.3 Å². The zero-order chi connectivity index (χ0) is 10.7. The van der Waals surface area contributed by atoms with Gasteiger partial charge in [0.05, 0.1) is 0 Å². The topological polar surface area (TPSA) is 0 Å². The number of hydrogen-bond acceptors (Lipinski definition) is 0. The number of hydrogen-bond donors (Lipinski definition) is 0. The molecule has 0 aliphatic heterocycles. The lowest BCUT2D eigenvalue weighted by Gasteiger charge is -2.13. The summed E-state index contributed by atoms with van der Waals surface area (Å²) in [6, 6.07) is 6.95. The fourth-order valence-electron chi connectivity index (χ4n) is 1.74. The van der Waals surface area contributed by atoms with E-state index in [1.54, 1.807) is 5.30 Å². The van der Waals surface area contributed by atoms with E-state index in [1.807, 2.05) is 0 Å². The lowest BCUT2D eigenvalue weighted by atomic mass is 10.0. The molecule has 0 spiro atoms. The van der Waals surface area contributed by atoms with Crippen LogP contribution in [0.3, 0.4) is 0 Å². The minimum absolute atomic E-state index is 0.0424. The van der Waals surface area contributed by atoms with Crippen LogP contribution in [0.2, 0.25) is 0 Å². The molecular weight excluding hydrogens is 187 g/mol. The lowest BCUT2D eigenvalue weighted by molar-refractivity contribution is 0.647. The summed E-state index contributed by atoms with van der Waals surface area (Å²) in [7, 11) is 0.0424. The highest BCUT2D eigenvalue weighted by Gasteiger charge is 2.05. The normalized spacial score (nSPS) is 11.4. The third-order valence-corrected chi connectivity index (χ3v) is 3.84. The van der Waals surface area contributed by atoms with Crippen molar-refractivity contribution in [1.82, 2.24) is 0 Å². The summed E-state index contributed by atoms with van der Waals surface area (Å²) in [6.07, 6.45) is 1.20. The minimum Gasteiger partial charge on any atom is -0.0814 e. The second kappa shape index (κ2) is 4.94. The van der Waals surface area contributed by atoms with Gasteiger partial charge in [-0.1, -0.05) is 40.0 Å². The van der Waals surface area contributed by atoms with Gasteiger partial charge in [-0.15, -0.1) is 0 Å². The van der Waals surface area contributed by atoms with Crippen molar-refractivity contribution >= 4 is 13.2 Å². The SMILES string of the molecule is Cc1ccc(CC(C)C)cc1P(C)C. The predicted octanol–water partition coefficient (Wildman–Crippen LogP) is 3.56. The van der Waals surface area contributed by atoms with Gasteiger partial charge in [0.2, 0.25) is 0 Å². The van der Waals surface area contributed by atoms with E-state index in [0.29, 0.717) is 0 Å². The van der Waals surface area contributed by atoms with Crippen LogP contribution in [0.5, 0.6) is 0 Å². The van der Waals surface area contributed by atoms with Crippen LogP contribution in [-0.2, 0) is 6.42 Å². The molecule has 78 valence electrons. The van der Waals surface area contributed by atoms with Crippen LogP contribution < -0.4 is 5.30 Å². The third-order valence-electron chi connectivity index (χ3n) is 2.40. The molecular formula is C13H21P. The Labute approximate surface area is 89.5 Å². The molecule has 0 saturated carbocycles. The molecule has 1 aromatic rings. The zero-order valence-corrected chi connectivity index (χ0v) is 10.9. The van der Waals surface area contributed by atoms with Crippen LogP contribution in [0.15, 0.2) is 18.2 Å². The average molecular weight is 208 g/mol. The largest absolute Gasteiger partial charge is 0.0814 e. The molecule has 14 heavy (non-hydrogen) atoms. The Balaban J connectivity index is 2.94. The Morgan fingerprint density at radius 3 is 2.36 bits per heavy atom. The second-order valence-electron chi connectivity index (χ2n) is 4.61. The van der Waals surface area contributed by atoms with E-state index in [0.717, 1.165) is 5.92 Å². The quantitative estimate of drug-likeness (QED) is 0.666. The van der Waals surface area contributed by atoms with Gasteiger partial charge in [0.25, 0.3) is 0 Å². The van der Waals surface area contributed by atoms with Crippen LogP contribution >= 0.6 is 7.92 Å². The fourth-order valence-corrected chi connectivity index (χ4v) is 2.94. The van der Waals surface area contributed by atoms with Crippen molar-refractivity contribution in [3.8, 4) is 0 Å². The van der Waals surface area contributed by atoms with Gasteiger partial charge in [0.15, 0.2) is 0 Å². The Morgan fingerprint density at radius 2 is 1.86 bits per heavy atom. The summed E-state index contributed by atoms with van der Waals surface area (Å²) in [5.41, 5.74) is 2.95. The summed E-state index contributed by atoms with van der Waals surface area (Å²) in [6.45, 7) is 11.4. The zero-order valence-electron chi connectivity index (χ0n) is 9.96. The van der Waals surface area contributed by atoms with Crippen LogP contribution in [0.1, 0.15) is 25.0 Å². The van der Waals surface area contributed by atoms with Crippen LogP contribution in [0.4, 0.5) is 0 Å². The molecule has 0 aromatic heterocycles. The Hall–Kier alpha value is -0.350. The van der Waals surface area contributed by atoms with E-state index < -0.39 is 0 Å². The number of rotatable bonds is 3. The van der Waals surface area contributed by atoms with E-state index in [1.165, 1.54) is 17.5 Å². The minimum atomic E-state index is 0.0424. The van der Waals surface area contributed by atoms with Crippen molar-refractivity contribution in [2.24, 2.45) is 5.92 Å². The first kappa shape index (κ1) is 11.7. The van der Waals surface area contributed by atoms with Crippen molar-refractivity contribution in [3.63, 3.8) is 0 Å². The van der Waals surface area contributed by atoms with Gasteiger partial charge in [-0.2, -0.15) is 0 Å². The Morgan fingerprint density at radius 1 is 1.21 bits per heavy atom. The lowest BCUT2D eigenvalue weighted by Crippen LogP contribution is -2.07. The summed E-state index contributed by atoms with van der Waals surface area (Å²) in [5, 5.41) is 1.57. The van der Waals surface area contributed by atoms with Crippen molar-refractivity contribution in [1.29, 1.82) is 0 Å². The molecule has 0 atom stereocenters. The molecule has 0 radical (unpaired) electrons. The fraction of sp³-hybridized carbons (Fsp3) is 0.538. The molecule has 1 aromatic carbocycles. The summed E-state index contributed by atoms with van der Waals surface area (Å²) >= 11 is 0. The van der Waals surface area contributed by atoms with E-state index in [4.69, 9.17) is 0 Å². The highest BCUT2D eigenvalue weighted by atomic mass is 31.1. The standard InChI is InChI=1S/C13H21P/c1-10(2)8-12-7-6-11(3)13(9-12)14(4)5/h6-7,9-10H,8H2,1-5H3. The van der Waals surface area contributed by atoms with E-state index in [2.05, 4.69) is 52.3 Å². The van der Waals surface area contributed by atoms with Gasteiger partial charge in [-0.05, 0) is 49.0 Å². The van der Waals surface area contributed by atoms with E-state index in [9.17, 15) is 0 Å². The van der Waals surface area contributed by atoms with Crippen LogP contribution in [0, 0.1) is 12.8 Å². The average Bonchev–Trinajstić information content (AvgIpc) is 2.07. The van der Waals surface area contributed by atoms with Gasteiger partial charge in [0.1, 0.15) is 0 Å². The molecule has 0 unspecified atom stereocenters. The molecule has 0 bridgehead atoms. The summed E-state index contributed by atoms with van der Waals surface area (Å²) in [5.74, 6) is 0.755. The first-order valence-electron chi connectivity index (χ1n) is 5.27. The Bertz CT molecular complexity index is 300. The maximum Gasteiger partial charge on any atom is -0.0214 e. The number of aryl methyl sites for hydroxylation is 1. The molecule has 0 aliphatic rings. The molecule has 0 aliphatic carbocycles. The molecule has 0 heterocycles. The van der Waals surface area contributed by atoms with Crippen LogP contribution in [0.25, 0.3) is 0 Å². The van der Waals surface area contributed by atoms with Crippen molar-refractivity contribution < 1.29 is 0 Å². The molecule has 0 fully saturated rings. The predicted molar refractivity (Wildman–Crippen MR) is 68.1 cm³/mol. The molecule has 0 saturated heterocycles. The highest BCUT2D eigenvalue weighted by molar-refractivity contribution is 7.64. The monoisotopic (exact) mass is 208 g/mol.